The maximum Gasteiger partial charge on any atom is 0.111 e. The van der Waals surface area contributed by atoms with Gasteiger partial charge in [0.15, 0.2) is 0 Å². The molecule has 0 aromatic heterocycles. The zero-order chi connectivity index (χ0) is 27.6. The number of allylic oxidation sites excluding steroid dienone is 1. The number of ether oxygens (including phenoxy) is 6. The summed E-state index contributed by atoms with van der Waals surface area (Å²) in [6, 6.07) is 0. The second-order valence-corrected chi connectivity index (χ2v) is 10.1. The second-order valence-electron chi connectivity index (χ2n) is 10.1. The van der Waals surface area contributed by atoms with Crippen LogP contribution in [0.25, 0.3) is 0 Å². The highest BCUT2D eigenvalue weighted by Crippen LogP contribution is 2.14. The number of hydrogen-bond donors (Lipinski definition) is 0. The van der Waals surface area contributed by atoms with E-state index in [0.717, 1.165) is 25.2 Å². The molecule has 6 heteroatoms. The largest absolute Gasteiger partial charge is 0.496 e. The van der Waals surface area contributed by atoms with Crippen molar-refractivity contribution < 1.29 is 28.4 Å². The molecule has 0 saturated heterocycles. The highest BCUT2D eigenvalue weighted by atomic mass is 16.6. The molecule has 0 rings (SSSR count). The fraction of sp³-hybridized carbons (Fsp3) is 0.938. The zero-order valence-corrected chi connectivity index (χ0v) is 25.5. The molecule has 0 amide bonds. The molecule has 228 valence electrons. The molecule has 0 aliphatic heterocycles. The topological polar surface area (TPSA) is 55.4 Å². The van der Waals surface area contributed by atoms with E-state index in [1.807, 2.05) is 0 Å². The third-order valence-corrected chi connectivity index (χ3v) is 6.43. The summed E-state index contributed by atoms with van der Waals surface area (Å²) in [6.45, 7) is 15.0. The van der Waals surface area contributed by atoms with E-state index in [-0.39, 0.29) is 0 Å². The first kappa shape index (κ1) is 37.3. The SMILES string of the molecule is C=C(CCCCCCCCCCCCCCCCC)OCCOCCOCCOCCOCCOCCC. The monoisotopic (exact) mass is 544 g/mol. The van der Waals surface area contributed by atoms with Crippen molar-refractivity contribution in [3.8, 4) is 0 Å². The summed E-state index contributed by atoms with van der Waals surface area (Å²) in [5, 5.41) is 0. The van der Waals surface area contributed by atoms with Gasteiger partial charge in [-0.05, 0) is 12.8 Å². The third-order valence-electron chi connectivity index (χ3n) is 6.43. The summed E-state index contributed by atoms with van der Waals surface area (Å²) < 4.78 is 33.0. The van der Waals surface area contributed by atoms with Crippen LogP contribution < -0.4 is 0 Å². The van der Waals surface area contributed by atoms with E-state index in [1.165, 1.54) is 96.3 Å². The van der Waals surface area contributed by atoms with Gasteiger partial charge in [-0.15, -0.1) is 0 Å². The van der Waals surface area contributed by atoms with Crippen molar-refractivity contribution in [2.24, 2.45) is 0 Å². The van der Waals surface area contributed by atoms with E-state index in [4.69, 9.17) is 28.4 Å². The van der Waals surface area contributed by atoms with Crippen LogP contribution in [-0.2, 0) is 28.4 Å². The van der Waals surface area contributed by atoms with Gasteiger partial charge in [0.1, 0.15) is 6.61 Å². The molecule has 38 heavy (non-hydrogen) atoms. The van der Waals surface area contributed by atoms with Gasteiger partial charge >= 0.3 is 0 Å². The molecule has 0 saturated carbocycles. The standard InChI is InChI=1S/C32H64O6/c1-4-6-7-8-9-10-11-12-13-14-15-16-17-18-19-20-32(3)38-31-30-37-29-28-36-27-26-35-25-24-34-23-22-33-21-5-2/h3-31H2,1-2H3. The minimum absolute atomic E-state index is 0.560. The van der Waals surface area contributed by atoms with Gasteiger partial charge in [-0.1, -0.05) is 110 Å². The number of unbranched alkanes of at least 4 members (excludes halogenated alkanes) is 14. The Bertz CT molecular complexity index is 446. The predicted octanol–water partition coefficient (Wildman–Crippen LogP) is 8.27. The van der Waals surface area contributed by atoms with Crippen LogP contribution >= 0.6 is 0 Å². The van der Waals surface area contributed by atoms with Crippen molar-refractivity contribution in [1.82, 2.24) is 0 Å². The minimum atomic E-state index is 0.560. The Morgan fingerprint density at radius 3 is 1.05 bits per heavy atom. The highest BCUT2D eigenvalue weighted by molar-refractivity contribution is 4.81. The molecule has 0 fully saturated rings. The second kappa shape index (κ2) is 34.4. The van der Waals surface area contributed by atoms with E-state index in [1.54, 1.807) is 0 Å². The van der Waals surface area contributed by atoms with Crippen molar-refractivity contribution in [1.29, 1.82) is 0 Å². The summed E-state index contributed by atoms with van der Waals surface area (Å²) in [6.07, 6.45) is 22.8. The van der Waals surface area contributed by atoms with Crippen LogP contribution in [0.15, 0.2) is 12.3 Å². The van der Waals surface area contributed by atoms with Crippen LogP contribution in [0.3, 0.4) is 0 Å². The van der Waals surface area contributed by atoms with Gasteiger partial charge in [0.2, 0.25) is 0 Å². The molecule has 0 aliphatic rings. The molecule has 6 nitrogen and oxygen atoms in total. The number of hydrogen-bond acceptors (Lipinski definition) is 6. The Morgan fingerprint density at radius 1 is 0.368 bits per heavy atom. The Kier molecular flexibility index (Phi) is 33.8. The zero-order valence-electron chi connectivity index (χ0n) is 25.5. The van der Waals surface area contributed by atoms with Gasteiger partial charge in [-0.3, -0.25) is 0 Å². The van der Waals surface area contributed by atoms with Crippen LogP contribution in [0.4, 0.5) is 0 Å². The lowest BCUT2D eigenvalue weighted by atomic mass is 10.0. The highest BCUT2D eigenvalue weighted by Gasteiger charge is 1.99. The van der Waals surface area contributed by atoms with Crippen LogP contribution in [0.5, 0.6) is 0 Å². The van der Waals surface area contributed by atoms with Crippen LogP contribution in [0, 0.1) is 0 Å². The number of rotatable bonds is 34. The smallest absolute Gasteiger partial charge is 0.111 e. The molecular weight excluding hydrogens is 480 g/mol. The summed E-state index contributed by atoms with van der Waals surface area (Å²) >= 11 is 0. The van der Waals surface area contributed by atoms with Gasteiger partial charge in [-0.2, -0.15) is 0 Å². The molecule has 0 unspecified atom stereocenters. The van der Waals surface area contributed by atoms with Crippen LogP contribution in [0.1, 0.15) is 123 Å². The molecule has 0 aliphatic carbocycles. The first-order chi connectivity index (χ1) is 18.8. The van der Waals surface area contributed by atoms with Gasteiger partial charge in [-0.25, -0.2) is 0 Å². The predicted molar refractivity (Wildman–Crippen MR) is 159 cm³/mol. The first-order valence-electron chi connectivity index (χ1n) is 16.0. The maximum atomic E-state index is 5.68. The Morgan fingerprint density at radius 2 is 0.684 bits per heavy atom. The summed E-state index contributed by atoms with van der Waals surface area (Å²) in [5.41, 5.74) is 0. The fourth-order valence-corrected chi connectivity index (χ4v) is 4.14. The van der Waals surface area contributed by atoms with E-state index in [2.05, 4.69) is 20.4 Å². The van der Waals surface area contributed by atoms with Crippen LogP contribution in [0.2, 0.25) is 0 Å². The average molecular weight is 545 g/mol. The van der Waals surface area contributed by atoms with Crippen LogP contribution in [-0.4, -0.2) is 72.7 Å². The molecule has 0 aromatic carbocycles. The molecule has 0 radical (unpaired) electrons. The molecule has 0 atom stereocenters. The Labute approximate surface area is 236 Å². The quantitative estimate of drug-likeness (QED) is 0.0600. The van der Waals surface area contributed by atoms with E-state index in [9.17, 15) is 0 Å². The summed E-state index contributed by atoms with van der Waals surface area (Å²) in [4.78, 5) is 0. The molecule has 0 heterocycles. The van der Waals surface area contributed by atoms with Crippen molar-refractivity contribution in [2.45, 2.75) is 123 Å². The van der Waals surface area contributed by atoms with Crippen molar-refractivity contribution in [3.63, 3.8) is 0 Å². The summed E-state index contributed by atoms with van der Waals surface area (Å²) in [5.74, 6) is 0.883. The normalized spacial score (nSPS) is 11.3. The third kappa shape index (κ3) is 33.4. The minimum Gasteiger partial charge on any atom is -0.496 e. The molecule has 0 bridgehead atoms. The van der Waals surface area contributed by atoms with Gasteiger partial charge in [0, 0.05) is 13.0 Å². The molecule has 0 aromatic rings. The van der Waals surface area contributed by atoms with Crippen molar-refractivity contribution >= 4 is 0 Å². The average Bonchev–Trinajstić information content (AvgIpc) is 2.92. The molecule has 0 spiro atoms. The molecule has 0 N–H and O–H groups in total. The fourth-order valence-electron chi connectivity index (χ4n) is 4.14. The Hall–Kier alpha value is -0.660. The van der Waals surface area contributed by atoms with Gasteiger partial charge < -0.3 is 28.4 Å². The lowest BCUT2D eigenvalue weighted by molar-refractivity contribution is -0.0143. The van der Waals surface area contributed by atoms with Crippen molar-refractivity contribution in [3.05, 3.63) is 12.3 Å². The first-order valence-corrected chi connectivity index (χ1v) is 16.0. The van der Waals surface area contributed by atoms with E-state index < -0.39 is 0 Å². The van der Waals surface area contributed by atoms with E-state index >= 15 is 0 Å². The lowest BCUT2D eigenvalue weighted by Crippen LogP contribution is -2.14. The Balaban J connectivity index is 3.14. The van der Waals surface area contributed by atoms with Crippen molar-refractivity contribution in [2.75, 3.05) is 72.7 Å². The lowest BCUT2D eigenvalue weighted by Gasteiger charge is -2.10. The van der Waals surface area contributed by atoms with E-state index in [0.29, 0.717) is 66.1 Å². The van der Waals surface area contributed by atoms with Gasteiger partial charge in [0.25, 0.3) is 0 Å². The maximum absolute atomic E-state index is 5.68. The summed E-state index contributed by atoms with van der Waals surface area (Å²) in [7, 11) is 0. The van der Waals surface area contributed by atoms with Gasteiger partial charge in [0.05, 0.1) is 65.2 Å². The molecular formula is C32H64O6.